The van der Waals surface area contributed by atoms with Gasteiger partial charge in [0.15, 0.2) is 11.6 Å². The zero-order valence-electron chi connectivity index (χ0n) is 27.0. The summed E-state index contributed by atoms with van der Waals surface area (Å²) in [6, 6.07) is 40.2. The fourth-order valence-corrected chi connectivity index (χ4v) is 6.94. The molecule has 1 heterocycles. The third-order valence-corrected chi connectivity index (χ3v) is 9.84. The highest BCUT2D eigenvalue weighted by molar-refractivity contribution is 9.10. The smallest absolute Gasteiger partial charge is 0.252 e. The average Bonchev–Trinajstić information content (AvgIpc) is 3.53. The number of nitrogens with zero attached hydrogens (tertiary/aromatic N) is 4. The minimum absolute atomic E-state index is 0.0462. The predicted octanol–water partition coefficient (Wildman–Crippen LogP) is 9.12. The van der Waals surface area contributed by atoms with E-state index in [9.17, 15) is 10.3 Å². The van der Waals surface area contributed by atoms with Crippen molar-refractivity contribution in [3.05, 3.63) is 165 Å². The van der Waals surface area contributed by atoms with Crippen molar-refractivity contribution in [3.8, 4) is 5.75 Å². The zero-order chi connectivity index (χ0) is 34.8. The number of aliphatic hydroxyl groups is 1. The Kier molecular flexibility index (Phi) is 11.5. The van der Waals surface area contributed by atoms with Crippen molar-refractivity contribution in [2.24, 2.45) is 10.1 Å². The largest absolute Gasteiger partial charge is 0.494 e. The number of amides is 1. The van der Waals surface area contributed by atoms with Crippen LogP contribution in [0, 0.1) is 0 Å². The number of rotatable bonds is 14. The molecule has 1 amide bonds. The van der Waals surface area contributed by atoms with Gasteiger partial charge in [-0.05, 0) is 76.8 Å². The molecule has 0 radical (unpaired) electrons. The van der Waals surface area contributed by atoms with Gasteiger partial charge in [-0.25, -0.2) is 4.99 Å². The number of hydrogen-bond acceptors (Lipinski definition) is 7. The molecule has 0 bridgehead atoms. The topological polar surface area (TPSA) is 129 Å². The Morgan fingerprint density at radius 3 is 2.38 bits per heavy atom. The number of ether oxygens (including phenoxy) is 2. The summed E-state index contributed by atoms with van der Waals surface area (Å²) < 4.78 is 13.3. The Morgan fingerprint density at radius 1 is 0.940 bits per heavy atom. The zero-order valence-corrected chi connectivity index (χ0v) is 29.4. The van der Waals surface area contributed by atoms with Gasteiger partial charge in [0, 0.05) is 56.4 Å². The second-order valence-corrected chi connectivity index (χ2v) is 13.6. The highest BCUT2D eigenvalue weighted by Gasteiger charge is 2.53. The lowest BCUT2D eigenvalue weighted by Gasteiger charge is -2.31. The van der Waals surface area contributed by atoms with Crippen LogP contribution in [0.4, 0.5) is 5.69 Å². The molecule has 5 aromatic rings. The summed E-state index contributed by atoms with van der Waals surface area (Å²) in [5.74, 6) is 0.612. The normalized spacial score (nSPS) is 16.5. The van der Waals surface area contributed by atoms with Gasteiger partial charge in [0.1, 0.15) is 5.75 Å². The maximum Gasteiger partial charge on any atom is 0.252 e. The molecule has 0 fully saturated rings. The van der Waals surface area contributed by atoms with Crippen molar-refractivity contribution < 1.29 is 19.4 Å². The molecular formula is C39H34BrN5O4S. The summed E-state index contributed by atoms with van der Waals surface area (Å²) in [5.41, 5.74) is 11.3. The first-order valence-corrected chi connectivity index (χ1v) is 17.7. The number of azide groups is 1. The summed E-state index contributed by atoms with van der Waals surface area (Å²) in [6.07, 6.45) is -0.197. The van der Waals surface area contributed by atoms with Gasteiger partial charge in [0.2, 0.25) is 5.90 Å². The lowest BCUT2D eigenvalue weighted by molar-refractivity contribution is -0.129. The number of aliphatic hydroxyl groups excluding tert-OH is 1. The van der Waals surface area contributed by atoms with Gasteiger partial charge >= 0.3 is 0 Å². The maximum atomic E-state index is 14.9. The molecule has 252 valence electrons. The van der Waals surface area contributed by atoms with E-state index >= 15 is 0 Å². The number of carbonyl (C=O) groups is 1. The Morgan fingerprint density at radius 2 is 1.64 bits per heavy atom. The second kappa shape index (κ2) is 16.6. The van der Waals surface area contributed by atoms with Crippen LogP contribution in [0.3, 0.4) is 0 Å². The molecule has 2 atom stereocenters. The molecule has 9 nitrogen and oxygen atoms in total. The number of carbonyl (C=O) groups excluding carboxylic acids is 1. The Hall–Kier alpha value is -5.06. The van der Waals surface area contributed by atoms with Gasteiger partial charge in [0.25, 0.3) is 5.91 Å². The number of benzene rings is 5. The van der Waals surface area contributed by atoms with Crippen LogP contribution in [-0.4, -0.2) is 35.7 Å². The van der Waals surface area contributed by atoms with Gasteiger partial charge in [-0.15, -0.1) is 0 Å². The Balaban J connectivity index is 1.40. The molecule has 1 aliphatic rings. The van der Waals surface area contributed by atoms with Crippen molar-refractivity contribution >= 4 is 45.2 Å². The van der Waals surface area contributed by atoms with Gasteiger partial charge in [-0.3, -0.25) is 4.79 Å². The summed E-state index contributed by atoms with van der Waals surface area (Å²) >= 11 is 5.16. The molecule has 0 saturated heterocycles. The first-order chi connectivity index (χ1) is 24.5. The molecule has 0 saturated carbocycles. The fourth-order valence-electron chi connectivity index (χ4n) is 5.71. The van der Waals surface area contributed by atoms with E-state index < -0.39 is 11.6 Å². The van der Waals surface area contributed by atoms with Crippen LogP contribution in [0.25, 0.3) is 10.4 Å². The number of nitrogens with one attached hydrogen (secondary N) is 1. The Labute approximate surface area is 303 Å². The first kappa shape index (κ1) is 34.8. The van der Waals surface area contributed by atoms with Crippen molar-refractivity contribution in [3.63, 3.8) is 0 Å². The van der Waals surface area contributed by atoms with Gasteiger partial charge in [-0.1, -0.05) is 106 Å². The quantitative estimate of drug-likeness (QED) is 0.0507. The maximum absolute atomic E-state index is 14.9. The van der Waals surface area contributed by atoms with Crippen molar-refractivity contribution in [2.45, 2.75) is 40.8 Å². The van der Waals surface area contributed by atoms with Crippen molar-refractivity contribution in [1.29, 1.82) is 0 Å². The molecule has 0 aromatic heterocycles. The van der Waals surface area contributed by atoms with Crippen molar-refractivity contribution in [1.82, 2.24) is 5.32 Å². The molecular weight excluding hydrogens is 714 g/mol. The monoisotopic (exact) mass is 747 g/mol. The fraction of sp³-hybridized carbons (Fsp3) is 0.179. The molecule has 6 rings (SSSR count). The second-order valence-electron chi connectivity index (χ2n) is 11.5. The lowest BCUT2D eigenvalue weighted by atomic mass is 9.81. The van der Waals surface area contributed by atoms with Crippen LogP contribution >= 0.6 is 27.7 Å². The van der Waals surface area contributed by atoms with E-state index in [2.05, 4.69) is 43.4 Å². The summed E-state index contributed by atoms with van der Waals surface area (Å²) in [7, 11) is 0. The molecule has 11 heteroatoms. The van der Waals surface area contributed by atoms with Crippen LogP contribution in [0.5, 0.6) is 5.75 Å². The van der Waals surface area contributed by atoms with Crippen LogP contribution < -0.4 is 10.1 Å². The summed E-state index contributed by atoms with van der Waals surface area (Å²) in [6.45, 7) is 0.691. The molecule has 1 aliphatic heterocycles. The van der Waals surface area contributed by atoms with E-state index in [4.69, 9.17) is 19.6 Å². The third kappa shape index (κ3) is 8.21. The number of aliphatic imine (C=N–C) groups is 1. The van der Waals surface area contributed by atoms with Crippen LogP contribution in [0.1, 0.15) is 34.8 Å². The molecule has 5 aromatic carbocycles. The molecule has 0 aliphatic carbocycles. The highest BCUT2D eigenvalue weighted by Crippen LogP contribution is 2.44. The van der Waals surface area contributed by atoms with Crippen LogP contribution in [0.15, 0.2) is 152 Å². The lowest BCUT2D eigenvalue weighted by Crippen LogP contribution is -2.49. The minimum atomic E-state index is -1.48. The average molecular weight is 749 g/mol. The van der Waals surface area contributed by atoms with E-state index in [1.807, 2.05) is 103 Å². The molecule has 0 spiro atoms. The highest BCUT2D eigenvalue weighted by atomic mass is 79.9. The molecule has 2 N–H and O–H groups in total. The molecule has 50 heavy (non-hydrogen) atoms. The number of halogens is 1. The molecule has 0 unspecified atom stereocenters. The van der Waals surface area contributed by atoms with Gasteiger partial charge < -0.3 is 19.9 Å². The van der Waals surface area contributed by atoms with E-state index in [-0.39, 0.29) is 25.5 Å². The minimum Gasteiger partial charge on any atom is -0.494 e. The summed E-state index contributed by atoms with van der Waals surface area (Å²) in [4.78, 5) is 25.1. The van der Waals surface area contributed by atoms with E-state index in [1.165, 1.54) is 0 Å². The standard InChI is InChI=1S/C39H34BrN5O4S/c40-31-19-15-27(16-20-31)36-39(25-29-9-4-6-13-34(29)44-45-41,43-37(49-36)28-17-21-32(22-18-28)48-24-8-23-46)38(47)42-26-30-10-5-7-14-35(30)50-33-11-2-1-3-12-33/h1-7,9-22,36,46H,8,23-26H2,(H,42,47)/t36-,39-/m1/s1. The van der Waals surface area contributed by atoms with E-state index in [0.717, 1.165) is 25.4 Å². The van der Waals surface area contributed by atoms with E-state index in [0.29, 0.717) is 41.5 Å². The summed E-state index contributed by atoms with van der Waals surface area (Å²) in [5, 5.41) is 16.3. The number of hydrogen-bond donors (Lipinski definition) is 2. The van der Waals surface area contributed by atoms with Crippen molar-refractivity contribution in [2.75, 3.05) is 13.2 Å². The SMILES string of the molecule is [N-]=[N+]=Nc1ccccc1C[C@@]1(C(=O)NCc2ccccc2Sc2ccccc2)N=C(c2ccc(OCCCO)cc2)O[C@@H]1c1ccc(Br)cc1. The van der Waals surface area contributed by atoms with E-state index in [1.54, 1.807) is 23.9 Å². The van der Waals surface area contributed by atoms with Crippen LogP contribution in [0.2, 0.25) is 0 Å². The Bertz CT molecular complexity index is 2000. The third-order valence-electron chi connectivity index (χ3n) is 8.19. The van der Waals surface area contributed by atoms with Crippen LogP contribution in [-0.2, 0) is 22.5 Å². The van der Waals surface area contributed by atoms with Gasteiger partial charge in [-0.2, -0.15) is 0 Å². The first-order valence-electron chi connectivity index (χ1n) is 16.1. The predicted molar refractivity (Wildman–Crippen MR) is 199 cm³/mol. The van der Waals surface area contributed by atoms with Gasteiger partial charge in [0.05, 0.1) is 6.61 Å².